The molecule has 4 heterocycles. The van der Waals surface area contributed by atoms with Gasteiger partial charge in [0.2, 0.25) is 5.95 Å². The summed E-state index contributed by atoms with van der Waals surface area (Å²) >= 11 is 5.87. The van der Waals surface area contributed by atoms with Gasteiger partial charge >= 0.3 is 0 Å². The maximum atomic E-state index is 5.87. The average Bonchev–Trinajstić information content (AvgIpc) is 3.14. The van der Waals surface area contributed by atoms with Crippen LogP contribution in [0.1, 0.15) is 25.5 Å². The highest BCUT2D eigenvalue weighted by molar-refractivity contribution is 6.30. The second kappa shape index (κ2) is 6.16. The zero-order valence-electron chi connectivity index (χ0n) is 13.9. The maximum absolute atomic E-state index is 5.87. The fourth-order valence-electron chi connectivity index (χ4n) is 3.66. The SMILES string of the molecule is CC(C)c1cc(N2CC3CN(c4ncc(Cl)cn4)CC3C2)ncn1. The Morgan fingerprint density at radius 3 is 2.21 bits per heavy atom. The van der Waals surface area contributed by atoms with Gasteiger partial charge in [0.15, 0.2) is 0 Å². The van der Waals surface area contributed by atoms with Crippen LogP contribution in [0, 0.1) is 11.8 Å². The Balaban J connectivity index is 1.44. The first-order chi connectivity index (χ1) is 11.6. The van der Waals surface area contributed by atoms with Gasteiger partial charge in [-0.2, -0.15) is 0 Å². The summed E-state index contributed by atoms with van der Waals surface area (Å²) in [6.45, 7) is 8.37. The number of aromatic nitrogens is 4. The maximum Gasteiger partial charge on any atom is 0.225 e. The topological polar surface area (TPSA) is 58.0 Å². The Morgan fingerprint density at radius 2 is 1.58 bits per heavy atom. The Labute approximate surface area is 146 Å². The molecule has 24 heavy (non-hydrogen) atoms. The van der Waals surface area contributed by atoms with Crippen LogP contribution in [0.2, 0.25) is 5.02 Å². The van der Waals surface area contributed by atoms with E-state index in [2.05, 4.69) is 49.6 Å². The van der Waals surface area contributed by atoms with Crippen molar-refractivity contribution in [2.75, 3.05) is 36.0 Å². The molecule has 6 nitrogen and oxygen atoms in total. The average molecular weight is 345 g/mol. The van der Waals surface area contributed by atoms with E-state index in [4.69, 9.17) is 11.6 Å². The summed E-state index contributed by atoms with van der Waals surface area (Å²) < 4.78 is 0. The van der Waals surface area contributed by atoms with Gasteiger partial charge < -0.3 is 9.80 Å². The second-order valence-electron chi connectivity index (χ2n) is 6.99. The van der Waals surface area contributed by atoms with Crippen molar-refractivity contribution in [1.29, 1.82) is 0 Å². The molecular weight excluding hydrogens is 324 g/mol. The van der Waals surface area contributed by atoms with Crippen LogP contribution in [0.15, 0.2) is 24.8 Å². The molecule has 0 spiro atoms. The summed E-state index contributed by atoms with van der Waals surface area (Å²) in [5.74, 6) is 3.51. The molecular formula is C17H21ClN6. The lowest BCUT2D eigenvalue weighted by Crippen LogP contribution is -2.30. The number of halogens is 1. The standard InChI is InChI=1S/C17H21ClN6/c1-11(2)15-3-16(22-10-21-15)23-6-12-8-24(9-13(12)7-23)17-19-4-14(18)5-20-17/h3-5,10-13H,6-9H2,1-2H3. The molecule has 0 amide bonds. The highest BCUT2D eigenvalue weighted by Gasteiger charge is 2.41. The summed E-state index contributed by atoms with van der Waals surface area (Å²) in [7, 11) is 0. The number of hydrogen-bond acceptors (Lipinski definition) is 6. The van der Waals surface area contributed by atoms with E-state index in [-0.39, 0.29) is 0 Å². The van der Waals surface area contributed by atoms with Gasteiger partial charge in [-0.15, -0.1) is 0 Å². The van der Waals surface area contributed by atoms with Crippen LogP contribution in [0.25, 0.3) is 0 Å². The smallest absolute Gasteiger partial charge is 0.225 e. The fourth-order valence-corrected chi connectivity index (χ4v) is 3.76. The molecule has 7 heteroatoms. The molecule has 0 N–H and O–H groups in total. The Morgan fingerprint density at radius 1 is 0.958 bits per heavy atom. The molecule has 0 saturated carbocycles. The van der Waals surface area contributed by atoms with Crippen LogP contribution in [0.3, 0.4) is 0 Å². The molecule has 2 atom stereocenters. The third-order valence-electron chi connectivity index (χ3n) is 4.97. The predicted molar refractivity (Wildman–Crippen MR) is 94.6 cm³/mol. The van der Waals surface area contributed by atoms with Crippen molar-refractivity contribution in [3.8, 4) is 0 Å². The third-order valence-corrected chi connectivity index (χ3v) is 5.16. The molecule has 2 saturated heterocycles. The van der Waals surface area contributed by atoms with E-state index >= 15 is 0 Å². The number of rotatable bonds is 3. The van der Waals surface area contributed by atoms with Crippen molar-refractivity contribution < 1.29 is 0 Å². The molecule has 4 rings (SSSR count). The summed E-state index contributed by atoms with van der Waals surface area (Å²) in [6.07, 6.45) is 5.02. The second-order valence-corrected chi connectivity index (χ2v) is 7.42. The van der Waals surface area contributed by atoms with Crippen molar-refractivity contribution in [2.45, 2.75) is 19.8 Å². The molecule has 2 aliphatic rings. The molecule has 2 aromatic heterocycles. The summed E-state index contributed by atoms with van der Waals surface area (Å²) in [5.41, 5.74) is 1.10. The normalized spacial score (nSPS) is 23.2. The Bertz CT molecular complexity index is 705. The van der Waals surface area contributed by atoms with E-state index in [0.717, 1.165) is 43.6 Å². The molecule has 0 radical (unpaired) electrons. The largest absolute Gasteiger partial charge is 0.356 e. The Kier molecular flexibility index (Phi) is 4.00. The van der Waals surface area contributed by atoms with Gasteiger partial charge in [-0.05, 0) is 5.92 Å². The number of anilines is 2. The minimum atomic E-state index is 0.423. The minimum Gasteiger partial charge on any atom is -0.356 e. The first-order valence-electron chi connectivity index (χ1n) is 8.39. The van der Waals surface area contributed by atoms with E-state index in [1.807, 2.05) is 0 Å². The van der Waals surface area contributed by atoms with Crippen LogP contribution in [-0.4, -0.2) is 46.1 Å². The molecule has 2 aliphatic heterocycles. The molecule has 0 bridgehead atoms. The predicted octanol–water partition coefficient (Wildman–Crippen LogP) is 2.62. The molecule has 2 fully saturated rings. The van der Waals surface area contributed by atoms with Gasteiger partial charge in [-0.1, -0.05) is 25.4 Å². The lowest BCUT2D eigenvalue weighted by Gasteiger charge is -2.22. The molecule has 126 valence electrons. The van der Waals surface area contributed by atoms with Crippen molar-refractivity contribution in [3.63, 3.8) is 0 Å². The van der Waals surface area contributed by atoms with Crippen molar-refractivity contribution in [2.24, 2.45) is 11.8 Å². The van der Waals surface area contributed by atoms with E-state index in [1.165, 1.54) is 0 Å². The summed E-state index contributed by atoms with van der Waals surface area (Å²) in [6, 6.07) is 2.13. The van der Waals surface area contributed by atoms with Crippen LogP contribution in [0.4, 0.5) is 11.8 Å². The van der Waals surface area contributed by atoms with Gasteiger partial charge in [0.05, 0.1) is 17.4 Å². The number of nitrogens with zero attached hydrogens (tertiary/aromatic N) is 6. The zero-order valence-corrected chi connectivity index (χ0v) is 14.7. The molecule has 2 unspecified atom stereocenters. The fraction of sp³-hybridized carbons (Fsp3) is 0.529. The van der Waals surface area contributed by atoms with Gasteiger partial charge in [0, 0.05) is 49.8 Å². The molecule has 0 aliphatic carbocycles. The van der Waals surface area contributed by atoms with Gasteiger partial charge in [0.1, 0.15) is 12.1 Å². The zero-order chi connectivity index (χ0) is 16.7. The molecule has 0 aromatic carbocycles. The lowest BCUT2D eigenvalue weighted by molar-refractivity contribution is 0.533. The van der Waals surface area contributed by atoms with Crippen LogP contribution < -0.4 is 9.80 Å². The summed E-state index contributed by atoms with van der Waals surface area (Å²) in [4.78, 5) is 22.2. The van der Waals surface area contributed by atoms with E-state index < -0.39 is 0 Å². The van der Waals surface area contributed by atoms with E-state index in [9.17, 15) is 0 Å². The van der Waals surface area contributed by atoms with Crippen molar-refractivity contribution in [1.82, 2.24) is 19.9 Å². The Hall–Kier alpha value is -1.95. The monoisotopic (exact) mass is 344 g/mol. The first kappa shape index (κ1) is 15.6. The van der Waals surface area contributed by atoms with Crippen molar-refractivity contribution in [3.05, 3.63) is 35.5 Å². The molecule has 2 aromatic rings. The number of fused-ring (bicyclic) bond motifs is 1. The van der Waals surface area contributed by atoms with Gasteiger partial charge in [-0.25, -0.2) is 19.9 Å². The highest BCUT2D eigenvalue weighted by Crippen LogP contribution is 2.34. The third kappa shape index (κ3) is 2.90. The van der Waals surface area contributed by atoms with Crippen LogP contribution in [0.5, 0.6) is 0 Å². The van der Waals surface area contributed by atoms with E-state index in [1.54, 1.807) is 18.7 Å². The van der Waals surface area contributed by atoms with Gasteiger partial charge in [0.25, 0.3) is 0 Å². The van der Waals surface area contributed by atoms with Crippen LogP contribution in [-0.2, 0) is 0 Å². The quantitative estimate of drug-likeness (QED) is 0.853. The minimum absolute atomic E-state index is 0.423. The number of hydrogen-bond donors (Lipinski definition) is 0. The summed E-state index contributed by atoms with van der Waals surface area (Å²) in [5, 5.41) is 0.578. The highest BCUT2D eigenvalue weighted by atomic mass is 35.5. The van der Waals surface area contributed by atoms with Gasteiger partial charge in [-0.3, -0.25) is 0 Å². The van der Waals surface area contributed by atoms with Crippen LogP contribution >= 0.6 is 11.6 Å². The van der Waals surface area contributed by atoms with E-state index in [0.29, 0.717) is 22.8 Å². The lowest BCUT2D eigenvalue weighted by atomic mass is 10.0. The first-order valence-corrected chi connectivity index (χ1v) is 8.77. The van der Waals surface area contributed by atoms with Crippen molar-refractivity contribution >= 4 is 23.4 Å².